The van der Waals surface area contributed by atoms with Crippen LogP contribution in [0.4, 0.5) is 0 Å². The molecule has 0 radical (unpaired) electrons. The lowest BCUT2D eigenvalue weighted by atomic mass is 9.88. The molecule has 7 nitrogen and oxygen atoms in total. The smallest absolute Gasteiger partial charge is 0.342 e. The molecule has 3 rings (SSSR count). The summed E-state index contributed by atoms with van der Waals surface area (Å²) in [4.78, 5) is 24.9. The fourth-order valence-electron chi connectivity index (χ4n) is 3.61. The van der Waals surface area contributed by atoms with Crippen LogP contribution in [-0.2, 0) is 16.0 Å². The lowest BCUT2D eigenvalue weighted by Gasteiger charge is -2.26. The van der Waals surface area contributed by atoms with E-state index in [4.69, 9.17) is 18.9 Å². The first-order valence-electron chi connectivity index (χ1n) is 9.42. The zero-order chi connectivity index (χ0) is 20.8. The number of nitrogens with one attached hydrogen (secondary N) is 1. The minimum atomic E-state index is -0.679. The Morgan fingerprint density at radius 2 is 1.76 bits per heavy atom. The van der Waals surface area contributed by atoms with Crippen molar-refractivity contribution in [2.75, 3.05) is 27.9 Å². The monoisotopic (exact) mass is 399 g/mol. The van der Waals surface area contributed by atoms with Gasteiger partial charge in [-0.3, -0.25) is 4.79 Å². The summed E-state index contributed by atoms with van der Waals surface area (Å²) < 4.78 is 21.0. The van der Waals surface area contributed by atoms with Crippen LogP contribution in [0.2, 0.25) is 0 Å². The van der Waals surface area contributed by atoms with Crippen molar-refractivity contribution in [1.82, 2.24) is 5.32 Å². The van der Waals surface area contributed by atoms with Crippen LogP contribution in [0.1, 0.15) is 40.4 Å². The molecular weight excluding hydrogens is 374 g/mol. The van der Waals surface area contributed by atoms with E-state index in [1.807, 2.05) is 18.2 Å². The van der Waals surface area contributed by atoms with Crippen LogP contribution in [0, 0.1) is 0 Å². The summed E-state index contributed by atoms with van der Waals surface area (Å²) in [6.45, 7) is -0.380. The van der Waals surface area contributed by atoms with E-state index in [1.54, 1.807) is 6.07 Å². The van der Waals surface area contributed by atoms with Crippen LogP contribution < -0.4 is 19.5 Å². The molecule has 0 saturated heterocycles. The second kappa shape index (κ2) is 9.32. The van der Waals surface area contributed by atoms with E-state index in [0.29, 0.717) is 5.75 Å². The molecule has 0 saturated carbocycles. The maximum absolute atomic E-state index is 12.5. The standard InChI is InChI=1S/C22H25NO6/c1-26-18-12-11-16(20(27-2)21(18)28-3)22(25)29-13-19(24)23-17-10-6-8-14-7-4-5-9-15(14)17/h4-5,7,9,11-12,17H,6,8,10,13H2,1-3H3,(H,23,24)/t17-/m1/s1. The number of amides is 1. The zero-order valence-electron chi connectivity index (χ0n) is 16.8. The molecule has 1 amide bonds. The van der Waals surface area contributed by atoms with Gasteiger partial charge in [0.15, 0.2) is 18.1 Å². The van der Waals surface area contributed by atoms with Gasteiger partial charge in [-0.1, -0.05) is 24.3 Å². The van der Waals surface area contributed by atoms with Crippen LogP contribution in [-0.4, -0.2) is 39.8 Å². The Hall–Kier alpha value is -3.22. The second-order valence-electron chi connectivity index (χ2n) is 6.67. The minimum absolute atomic E-state index is 0.0678. The Morgan fingerprint density at radius 3 is 2.48 bits per heavy atom. The third kappa shape index (κ3) is 4.45. The molecule has 0 bridgehead atoms. The molecule has 0 aliphatic heterocycles. The average Bonchev–Trinajstić information content (AvgIpc) is 2.76. The molecule has 1 N–H and O–H groups in total. The highest BCUT2D eigenvalue weighted by atomic mass is 16.5. The number of hydrogen-bond acceptors (Lipinski definition) is 6. The van der Waals surface area contributed by atoms with Gasteiger partial charge in [0.05, 0.1) is 27.4 Å². The molecule has 1 aliphatic rings. The van der Waals surface area contributed by atoms with E-state index in [-0.39, 0.29) is 35.6 Å². The first kappa shape index (κ1) is 20.5. The molecule has 2 aromatic rings. The number of aryl methyl sites for hydroxylation is 1. The van der Waals surface area contributed by atoms with Crippen molar-refractivity contribution in [1.29, 1.82) is 0 Å². The van der Waals surface area contributed by atoms with Crippen LogP contribution in [0.3, 0.4) is 0 Å². The van der Waals surface area contributed by atoms with Crippen LogP contribution in [0.25, 0.3) is 0 Å². The molecule has 1 atom stereocenters. The van der Waals surface area contributed by atoms with E-state index in [2.05, 4.69) is 11.4 Å². The quantitative estimate of drug-likeness (QED) is 0.721. The second-order valence-corrected chi connectivity index (χ2v) is 6.67. The van der Waals surface area contributed by atoms with Gasteiger partial charge in [-0.2, -0.15) is 0 Å². The van der Waals surface area contributed by atoms with E-state index in [1.165, 1.54) is 33.0 Å². The number of benzene rings is 2. The van der Waals surface area contributed by atoms with Gasteiger partial charge in [-0.25, -0.2) is 4.79 Å². The molecule has 7 heteroatoms. The Morgan fingerprint density at radius 1 is 1.00 bits per heavy atom. The van der Waals surface area contributed by atoms with Gasteiger partial charge in [-0.15, -0.1) is 0 Å². The van der Waals surface area contributed by atoms with Crippen molar-refractivity contribution in [3.63, 3.8) is 0 Å². The van der Waals surface area contributed by atoms with E-state index < -0.39 is 5.97 Å². The highest BCUT2D eigenvalue weighted by Crippen LogP contribution is 2.40. The van der Waals surface area contributed by atoms with Crippen molar-refractivity contribution in [2.45, 2.75) is 25.3 Å². The molecule has 0 fully saturated rings. The van der Waals surface area contributed by atoms with Gasteiger partial charge >= 0.3 is 5.97 Å². The highest BCUT2D eigenvalue weighted by Gasteiger charge is 2.24. The normalized spacial score (nSPS) is 15.1. The molecular formula is C22H25NO6. The van der Waals surface area contributed by atoms with Crippen LogP contribution in [0.5, 0.6) is 17.2 Å². The summed E-state index contributed by atoms with van der Waals surface area (Å²) in [5, 5.41) is 2.96. The van der Waals surface area contributed by atoms with Gasteiger partial charge in [0.25, 0.3) is 5.91 Å². The first-order valence-corrected chi connectivity index (χ1v) is 9.42. The van der Waals surface area contributed by atoms with Crippen molar-refractivity contribution in [2.24, 2.45) is 0 Å². The topological polar surface area (TPSA) is 83.1 Å². The van der Waals surface area contributed by atoms with E-state index >= 15 is 0 Å². The zero-order valence-corrected chi connectivity index (χ0v) is 16.8. The van der Waals surface area contributed by atoms with Gasteiger partial charge < -0.3 is 24.3 Å². The number of esters is 1. The average molecular weight is 399 g/mol. The SMILES string of the molecule is COc1ccc(C(=O)OCC(=O)N[C@@H]2CCCc3ccccc32)c(OC)c1OC. The maximum Gasteiger partial charge on any atom is 0.342 e. The van der Waals surface area contributed by atoms with E-state index in [9.17, 15) is 9.59 Å². The van der Waals surface area contributed by atoms with Gasteiger partial charge in [0.1, 0.15) is 5.56 Å². The molecule has 154 valence electrons. The van der Waals surface area contributed by atoms with Crippen molar-refractivity contribution in [3.8, 4) is 17.2 Å². The Labute approximate surface area is 169 Å². The number of carbonyl (C=O) groups is 2. The summed E-state index contributed by atoms with van der Waals surface area (Å²) in [6.07, 6.45) is 2.88. The molecule has 29 heavy (non-hydrogen) atoms. The fraction of sp³-hybridized carbons (Fsp3) is 0.364. The van der Waals surface area contributed by atoms with Crippen LogP contribution >= 0.6 is 0 Å². The molecule has 2 aromatic carbocycles. The summed E-state index contributed by atoms with van der Waals surface area (Å²) in [5.74, 6) is -0.123. The third-order valence-electron chi connectivity index (χ3n) is 4.96. The fourth-order valence-corrected chi connectivity index (χ4v) is 3.61. The minimum Gasteiger partial charge on any atom is -0.493 e. The van der Waals surface area contributed by atoms with Gasteiger partial charge in [0, 0.05) is 0 Å². The molecule has 0 aromatic heterocycles. The van der Waals surface area contributed by atoms with Crippen molar-refractivity contribution in [3.05, 3.63) is 53.1 Å². The number of ether oxygens (including phenoxy) is 4. The first-order chi connectivity index (χ1) is 14.1. The lowest BCUT2D eigenvalue weighted by molar-refractivity contribution is -0.125. The summed E-state index contributed by atoms with van der Waals surface area (Å²) in [5.41, 5.74) is 2.53. The highest BCUT2D eigenvalue weighted by molar-refractivity contribution is 5.95. The van der Waals surface area contributed by atoms with Gasteiger partial charge in [0.2, 0.25) is 5.75 Å². The predicted octanol–water partition coefficient (Wildman–Crippen LogP) is 3.06. The van der Waals surface area contributed by atoms with Crippen molar-refractivity contribution < 1.29 is 28.5 Å². The molecule has 0 unspecified atom stereocenters. The molecule has 0 heterocycles. The number of rotatable bonds is 7. The Kier molecular flexibility index (Phi) is 6.59. The number of hydrogen-bond donors (Lipinski definition) is 1. The molecule has 0 spiro atoms. The van der Waals surface area contributed by atoms with Crippen LogP contribution in [0.15, 0.2) is 36.4 Å². The van der Waals surface area contributed by atoms with E-state index in [0.717, 1.165) is 24.8 Å². The number of methoxy groups -OCH3 is 3. The summed E-state index contributed by atoms with van der Waals surface area (Å²) >= 11 is 0. The van der Waals surface area contributed by atoms with Gasteiger partial charge in [-0.05, 0) is 42.5 Å². The summed E-state index contributed by atoms with van der Waals surface area (Å²) in [6, 6.07) is 11.1. The molecule has 1 aliphatic carbocycles. The number of fused-ring (bicyclic) bond motifs is 1. The maximum atomic E-state index is 12.5. The largest absolute Gasteiger partial charge is 0.493 e. The van der Waals surface area contributed by atoms with Crippen molar-refractivity contribution >= 4 is 11.9 Å². The third-order valence-corrected chi connectivity index (χ3v) is 4.96. The number of carbonyl (C=O) groups excluding carboxylic acids is 2. The predicted molar refractivity (Wildman–Crippen MR) is 107 cm³/mol. The Balaban J connectivity index is 1.65. The lowest BCUT2D eigenvalue weighted by Crippen LogP contribution is -2.34. The summed E-state index contributed by atoms with van der Waals surface area (Å²) in [7, 11) is 4.36. The Bertz CT molecular complexity index is 895.